The van der Waals surface area contributed by atoms with Crippen LogP contribution in [0.3, 0.4) is 0 Å². The van der Waals surface area contributed by atoms with Gasteiger partial charge in [0, 0.05) is 28.0 Å². The largest absolute Gasteiger partial charge is 0.377 e. The molecule has 166 valence electrons. The number of carbonyl (C=O) groups excluding carboxylic acids is 2. The number of ketones is 1. The summed E-state index contributed by atoms with van der Waals surface area (Å²) in [5, 5.41) is 6.34. The van der Waals surface area contributed by atoms with Crippen LogP contribution in [0.1, 0.15) is 29.8 Å². The van der Waals surface area contributed by atoms with Gasteiger partial charge in [0.15, 0.2) is 5.78 Å². The van der Waals surface area contributed by atoms with E-state index in [9.17, 15) is 18.2 Å². The Morgan fingerprint density at radius 2 is 1.81 bits per heavy atom. The Kier molecular flexibility index (Phi) is 5.86. The molecule has 1 amide bonds. The van der Waals surface area contributed by atoms with Gasteiger partial charge in [0.1, 0.15) is 5.82 Å². The SMILES string of the molecule is CS(=O)C1=CC2C(=O)c3ccccc3NC2C=C1C(=O)NC(C)(C)Cc1ccc(F)cc1. The number of hydrogen-bond acceptors (Lipinski definition) is 4. The fraction of sp³-hybridized carbons (Fsp3) is 0.280. The smallest absolute Gasteiger partial charge is 0.252 e. The number of halogens is 1. The molecule has 0 bridgehead atoms. The zero-order chi connectivity index (χ0) is 23.0. The monoisotopic (exact) mass is 452 g/mol. The van der Waals surface area contributed by atoms with E-state index in [4.69, 9.17) is 0 Å². The molecule has 0 spiro atoms. The summed E-state index contributed by atoms with van der Waals surface area (Å²) < 4.78 is 25.7. The number of para-hydroxylation sites is 1. The van der Waals surface area contributed by atoms with E-state index in [0.29, 0.717) is 22.5 Å². The molecular formula is C25H25FN2O3S. The van der Waals surface area contributed by atoms with Crippen molar-refractivity contribution < 1.29 is 18.2 Å². The van der Waals surface area contributed by atoms with Gasteiger partial charge in [-0.15, -0.1) is 0 Å². The number of hydrogen-bond donors (Lipinski definition) is 2. The molecule has 7 heteroatoms. The van der Waals surface area contributed by atoms with Crippen LogP contribution in [-0.2, 0) is 22.0 Å². The Balaban J connectivity index is 1.60. The third-order valence-corrected chi connectivity index (χ3v) is 6.69. The minimum Gasteiger partial charge on any atom is -0.377 e. The second-order valence-corrected chi connectivity index (χ2v) is 10.2. The minimum atomic E-state index is -1.45. The lowest BCUT2D eigenvalue weighted by atomic mass is 9.81. The van der Waals surface area contributed by atoms with Crippen LogP contribution in [0.2, 0.25) is 0 Å². The highest BCUT2D eigenvalue weighted by Crippen LogP contribution is 2.35. The van der Waals surface area contributed by atoms with Gasteiger partial charge in [-0.05, 0) is 56.2 Å². The molecule has 4 rings (SSSR count). The van der Waals surface area contributed by atoms with Crippen LogP contribution in [0.15, 0.2) is 71.2 Å². The molecule has 1 aliphatic carbocycles. The lowest BCUT2D eigenvalue weighted by Gasteiger charge is -2.34. The molecule has 1 aliphatic heterocycles. The van der Waals surface area contributed by atoms with E-state index in [1.807, 2.05) is 32.0 Å². The third kappa shape index (κ3) is 4.43. The van der Waals surface area contributed by atoms with E-state index in [1.54, 1.807) is 30.4 Å². The molecule has 2 aromatic rings. The highest BCUT2D eigenvalue weighted by atomic mass is 32.2. The molecule has 0 fully saturated rings. The molecule has 2 N–H and O–H groups in total. The second-order valence-electron chi connectivity index (χ2n) is 8.81. The summed E-state index contributed by atoms with van der Waals surface area (Å²) in [5.41, 5.74) is 1.88. The standard InChI is InChI=1S/C25H25FN2O3S/c1-25(2,14-15-8-10-16(26)11-9-15)28-24(30)19-12-21-18(13-22(19)32(3)31)23(29)17-6-4-5-7-20(17)27-21/h4-13,18,21,27H,14H2,1-3H3,(H,28,30). The number of rotatable bonds is 5. The van der Waals surface area contributed by atoms with Crippen molar-refractivity contribution in [3.63, 3.8) is 0 Å². The van der Waals surface area contributed by atoms with E-state index in [-0.39, 0.29) is 17.5 Å². The Morgan fingerprint density at radius 3 is 2.50 bits per heavy atom. The summed E-state index contributed by atoms with van der Waals surface area (Å²) in [6.07, 6.45) is 5.37. The van der Waals surface area contributed by atoms with Crippen LogP contribution in [0, 0.1) is 11.7 Å². The third-order valence-electron chi connectivity index (χ3n) is 5.71. The van der Waals surface area contributed by atoms with Crippen LogP contribution >= 0.6 is 0 Å². The fourth-order valence-electron chi connectivity index (χ4n) is 4.24. The van der Waals surface area contributed by atoms with Gasteiger partial charge in [-0.3, -0.25) is 13.8 Å². The van der Waals surface area contributed by atoms with Gasteiger partial charge in [0.05, 0.1) is 28.3 Å². The first-order valence-corrected chi connectivity index (χ1v) is 11.9. The first kappa shape index (κ1) is 22.1. The van der Waals surface area contributed by atoms with Gasteiger partial charge in [-0.25, -0.2) is 4.39 Å². The number of carbonyl (C=O) groups is 2. The van der Waals surface area contributed by atoms with Crippen LogP contribution < -0.4 is 10.6 Å². The summed E-state index contributed by atoms with van der Waals surface area (Å²) in [7, 11) is -1.45. The normalized spacial score (nSPS) is 20.8. The first-order valence-electron chi connectivity index (χ1n) is 10.4. The van der Waals surface area contributed by atoms with Crippen LogP contribution in [0.25, 0.3) is 0 Å². The van der Waals surface area contributed by atoms with Crippen molar-refractivity contribution in [1.29, 1.82) is 0 Å². The van der Waals surface area contributed by atoms with Crippen LogP contribution in [0.5, 0.6) is 0 Å². The number of benzene rings is 2. The number of fused-ring (bicyclic) bond motifs is 2. The number of Topliss-reactive ketones (excluding diaryl/α,β-unsaturated/α-hetero) is 1. The molecule has 2 aromatic carbocycles. The fourth-order valence-corrected chi connectivity index (χ4v) is 5.05. The second kappa shape index (κ2) is 8.47. The zero-order valence-corrected chi connectivity index (χ0v) is 19.0. The number of anilines is 1. The average molecular weight is 453 g/mol. The van der Waals surface area contributed by atoms with Crippen molar-refractivity contribution in [3.8, 4) is 0 Å². The molecule has 5 nitrogen and oxygen atoms in total. The minimum absolute atomic E-state index is 0.0559. The highest BCUT2D eigenvalue weighted by Gasteiger charge is 2.38. The van der Waals surface area contributed by atoms with Crippen molar-refractivity contribution in [2.45, 2.75) is 31.8 Å². The van der Waals surface area contributed by atoms with Crippen molar-refractivity contribution in [1.82, 2.24) is 5.32 Å². The van der Waals surface area contributed by atoms with Gasteiger partial charge in [0.2, 0.25) is 0 Å². The average Bonchev–Trinajstić information content (AvgIpc) is 2.74. The van der Waals surface area contributed by atoms with Gasteiger partial charge >= 0.3 is 0 Å². The lowest BCUT2D eigenvalue weighted by Crippen LogP contribution is -2.47. The van der Waals surface area contributed by atoms with Crippen LogP contribution in [-0.4, -0.2) is 33.7 Å². The summed E-state index contributed by atoms with van der Waals surface area (Å²) >= 11 is 0. The maximum Gasteiger partial charge on any atom is 0.252 e. The Hall–Kier alpha value is -3.06. The molecule has 0 radical (unpaired) electrons. The van der Waals surface area contributed by atoms with Gasteiger partial charge in [-0.1, -0.05) is 30.3 Å². The molecule has 3 unspecified atom stereocenters. The van der Waals surface area contributed by atoms with E-state index in [1.165, 1.54) is 18.4 Å². The maximum absolute atomic E-state index is 13.2. The molecule has 32 heavy (non-hydrogen) atoms. The highest BCUT2D eigenvalue weighted by molar-refractivity contribution is 7.88. The first-order chi connectivity index (χ1) is 15.1. The van der Waals surface area contributed by atoms with E-state index in [2.05, 4.69) is 10.6 Å². The Bertz CT molecular complexity index is 1170. The topological polar surface area (TPSA) is 75.3 Å². The van der Waals surface area contributed by atoms with Gasteiger partial charge in [-0.2, -0.15) is 0 Å². The van der Waals surface area contributed by atoms with Gasteiger partial charge < -0.3 is 10.6 Å². The van der Waals surface area contributed by atoms with E-state index >= 15 is 0 Å². The molecule has 0 saturated carbocycles. The Labute approximate surface area is 189 Å². The lowest BCUT2D eigenvalue weighted by molar-refractivity contribution is -0.118. The summed E-state index contributed by atoms with van der Waals surface area (Å²) in [6.45, 7) is 3.76. The summed E-state index contributed by atoms with van der Waals surface area (Å²) in [6, 6.07) is 13.0. The molecule has 1 heterocycles. The van der Waals surface area contributed by atoms with Crippen molar-refractivity contribution >= 4 is 28.2 Å². The molecule has 3 atom stereocenters. The Morgan fingerprint density at radius 1 is 1.12 bits per heavy atom. The van der Waals surface area contributed by atoms with Gasteiger partial charge in [0.25, 0.3) is 5.91 Å². The predicted octanol–water partition coefficient (Wildman–Crippen LogP) is 3.76. The summed E-state index contributed by atoms with van der Waals surface area (Å²) in [4.78, 5) is 26.6. The molecular weight excluding hydrogens is 427 g/mol. The van der Waals surface area contributed by atoms with Crippen LogP contribution in [0.4, 0.5) is 10.1 Å². The van der Waals surface area contributed by atoms with E-state index in [0.717, 1.165) is 11.3 Å². The predicted molar refractivity (Wildman–Crippen MR) is 124 cm³/mol. The van der Waals surface area contributed by atoms with Crippen molar-refractivity contribution in [2.24, 2.45) is 5.92 Å². The van der Waals surface area contributed by atoms with E-state index < -0.39 is 28.3 Å². The zero-order valence-electron chi connectivity index (χ0n) is 18.1. The summed E-state index contributed by atoms with van der Waals surface area (Å²) in [5.74, 6) is -1.24. The van der Waals surface area contributed by atoms with Crippen molar-refractivity contribution in [2.75, 3.05) is 11.6 Å². The molecule has 2 aliphatic rings. The number of amides is 1. The number of nitrogens with one attached hydrogen (secondary N) is 2. The quantitative estimate of drug-likeness (QED) is 0.725. The molecule has 0 saturated heterocycles. The molecule has 0 aromatic heterocycles. The van der Waals surface area contributed by atoms with Crippen molar-refractivity contribution in [3.05, 3.63) is 88.1 Å². The maximum atomic E-state index is 13.2.